The van der Waals surface area contributed by atoms with Gasteiger partial charge in [-0.25, -0.2) is 13.8 Å². The Hall–Kier alpha value is -1.40. The Morgan fingerprint density at radius 2 is 1.86 bits per heavy atom. The molecule has 0 atom stereocenters. The first-order valence-corrected chi connectivity index (χ1v) is 3.36. The van der Waals surface area contributed by atoms with Gasteiger partial charge in [0.15, 0.2) is 5.69 Å². The lowest BCUT2D eigenvalue weighted by Gasteiger charge is -2.08. The molecule has 0 bridgehead atoms. The molecular formula is C7H4F5NO. The van der Waals surface area contributed by atoms with Crippen molar-refractivity contribution in [2.45, 2.75) is 12.6 Å². The van der Waals surface area contributed by atoms with Crippen LogP contribution >= 0.6 is 0 Å². The summed E-state index contributed by atoms with van der Waals surface area (Å²) in [5.74, 6) is -1.30. The second kappa shape index (κ2) is 3.39. The van der Waals surface area contributed by atoms with E-state index in [2.05, 4.69) is 4.98 Å². The molecule has 0 radical (unpaired) electrons. The summed E-state index contributed by atoms with van der Waals surface area (Å²) in [7, 11) is 0. The maximum absolute atomic E-state index is 12.0. The normalized spacial score (nSPS) is 12.1. The molecule has 1 heterocycles. The van der Waals surface area contributed by atoms with Gasteiger partial charge < -0.3 is 5.11 Å². The molecule has 1 rings (SSSR count). The number of halogens is 5. The van der Waals surface area contributed by atoms with Crippen LogP contribution in [0.1, 0.15) is 17.7 Å². The monoisotopic (exact) mass is 213 g/mol. The minimum atomic E-state index is -4.84. The molecule has 0 amide bonds. The first-order valence-electron chi connectivity index (χ1n) is 3.36. The minimum absolute atomic E-state index is 0.348. The van der Waals surface area contributed by atoms with Crippen LogP contribution in [0.5, 0.6) is 5.75 Å². The van der Waals surface area contributed by atoms with Crippen LogP contribution in [-0.4, -0.2) is 10.1 Å². The van der Waals surface area contributed by atoms with Crippen LogP contribution in [0.25, 0.3) is 0 Å². The molecule has 0 fully saturated rings. The number of aromatic nitrogens is 1. The molecule has 0 aliphatic carbocycles. The molecule has 0 saturated heterocycles. The van der Waals surface area contributed by atoms with Crippen LogP contribution in [0, 0.1) is 0 Å². The van der Waals surface area contributed by atoms with Crippen molar-refractivity contribution in [3.05, 3.63) is 23.5 Å². The third-order valence-electron chi connectivity index (χ3n) is 1.41. The molecule has 0 spiro atoms. The highest BCUT2D eigenvalue weighted by atomic mass is 19.4. The van der Waals surface area contributed by atoms with Crippen molar-refractivity contribution in [1.29, 1.82) is 0 Å². The van der Waals surface area contributed by atoms with Gasteiger partial charge in [-0.15, -0.1) is 0 Å². The van der Waals surface area contributed by atoms with E-state index in [9.17, 15) is 22.0 Å². The molecular weight excluding hydrogens is 209 g/mol. The van der Waals surface area contributed by atoms with E-state index in [1.165, 1.54) is 0 Å². The van der Waals surface area contributed by atoms with E-state index in [1.54, 1.807) is 0 Å². The largest absolute Gasteiger partial charge is 0.506 e. The summed E-state index contributed by atoms with van der Waals surface area (Å²) in [6, 6.07) is 0.348. The van der Waals surface area contributed by atoms with Crippen LogP contribution in [0.15, 0.2) is 12.3 Å². The Bertz CT molecular complexity index is 335. The van der Waals surface area contributed by atoms with E-state index in [-0.39, 0.29) is 0 Å². The molecule has 0 aromatic carbocycles. The smallest absolute Gasteiger partial charge is 0.437 e. The van der Waals surface area contributed by atoms with Gasteiger partial charge in [0.25, 0.3) is 6.43 Å². The molecule has 0 unspecified atom stereocenters. The zero-order valence-electron chi connectivity index (χ0n) is 6.52. The van der Waals surface area contributed by atoms with Gasteiger partial charge in [0.2, 0.25) is 0 Å². The maximum Gasteiger partial charge on any atom is 0.437 e. The van der Waals surface area contributed by atoms with E-state index >= 15 is 0 Å². The number of alkyl halides is 5. The molecule has 78 valence electrons. The van der Waals surface area contributed by atoms with Crippen molar-refractivity contribution in [3.8, 4) is 5.75 Å². The standard InChI is InChI=1S/C7H4F5NO/c8-6(9)3-1-4(14)5(13-2-3)7(10,11)12/h1-2,6,14H. The van der Waals surface area contributed by atoms with Gasteiger partial charge in [0, 0.05) is 11.8 Å². The van der Waals surface area contributed by atoms with Crippen molar-refractivity contribution in [1.82, 2.24) is 4.98 Å². The van der Waals surface area contributed by atoms with Gasteiger partial charge >= 0.3 is 6.18 Å². The molecule has 0 saturated carbocycles. The molecule has 14 heavy (non-hydrogen) atoms. The minimum Gasteiger partial charge on any atom is -0.506 e. The van der Waals surface area contributed by atoms with E-state index in [0.717, 1.165) is 0 Å². The summed E-state index contributed by atoms with van der Waals surface area (Å²) in [6.07, 6.45) is -7.42. The Morgan fingerprint density at radius 1 is 1.29 bits per heavy atom. The molecule has 1 aromatic heterocycles. The van der Waals surface area contributed by atoms with Crippen molar-refractivity contribution < 1.29 is 27.1 Å². The van der Waals surface area contributed by atoms with Gasteiger partial charge in [0.05, 0.1) is 0 Å². The topological polar surface area (TPSA) is 33.1 Å². The van der Waals surface area contributed by atoms with Crippen LogP contribution in [0.3, 0.4) is 0 Å². The van der Waals surface area contributed by atoms with Crippen molar-refractivity contribution >= 4 is 0 Å². The first-order chi connectivity index (χ1) is 6.32. The average molecular weight is 213 g/mol. The summed E-state index contributed by atoms with van der Waals surface area (Å²) in [4.78, 5) is 2.72. The van der Waals surface area contributed by atoms with Crippen molar-refractivity contribution in [2.75, 3.05) is 0 Å². The Labute approximate surface area is 75.0 Å². The van der Waals surface area contributed by atoms with Crippen LogP contribution in [-0.2, 0) is 6.18 Å². The van der Waals surface area contributed by atoms with Crippen LogP contribution in [0.2, 0.25) is 0 Å². The lowest BCUT2D eigenvalue weighted by molar-refractivity contribution is -0.142. The molecule has 0 aliphatic rings. The zero-order chi connectivity index (χ0) is 10.9. The third kappa shape index (κ3) is 2.09. The molecule has 7 heteroatoms. The fourth-order valence-electron chi connectivity index (χ4n) is 0.806. The zero-order valence-corrected chi connectivity index (χ0v) is 6.52. The Morgan fingerprint density at radius 3 is 2.21 bits per heavy atom. The van der Waals surface area contributed by atoms with E-state index in [4.69, 9.17) is 5.11 Å². The van der Waals surface area contributed by atoms with Gasteiger partial charge in [-0.2, -0.15) is 13.2 Å². The third-order valence-corrected chi connectivity index (χ3v) is 1.41. The maximum atomic E-state index is 12.0. The number of pyridine rings is 1. The Balaban J connectivity index is 3.15. The molecule has 1 aromatic rings. The summed E-state index contributed by atoms with van der Waals surface area (Å²) in [5.41, 5.74) is -2.32. The van der Waals surface area contributed by atoms with Gasteiger partial charge in [0.1, 0.15) is 5.75 Å². The predicted molar refractivity (Wildman–Crippen MR) is 35.9 cm³/mol. The van der Waals surface area contributed by atoms with Gasteiger partial charge in [-0.3, -0.25) is 0 Å². The lowest BCUT2D eigenvalue weighted by Crippen LogP contribution is -2.08. The second-order valence-corrected chi connectivity index (χ2v) is 2.43. The molecule has 0 aliphatic heterocycles. The lowest BCUT2D eigenvalue weighted by atomic mass is 10.2. The molecule has 1 N–H and O–H groups in total. The van der Waals surface area contributed by atoms with Gasteiger partial charge in [-0.05, 0) is 6.07 Å². The highest BCUT2D eigenvalue weighted by molar-refractivity contribution is 5.32. The number of hydrogen-bond acceptors (Lipinski definition) is 2. The fraction of sp³-hybridized carbons (Fsp3) is 0.286. The van der Waals surface area contributed by atoms with E-state index in [0.29, 0.717) is 12.3 Å². The summed E-state index contributed by atoms with van der Waals surface area (Å²) < 4.78 is 59.8. The number of nitrogens with zero attached hydrogens (tertiary/aromatic N) is 1. The van der Waals surface area contributed by atoms with Gasteiger partial charge in [-0.1, -0.05) is 0 Å². The summed E-state index contributed by atoms with van der Waals surface area (Å²) in [6.45, 7) is 0. The average Bonchev–Trinajstić information content (AvgIpc) is 2.01. The molecule has 2 nitrogen and oxygen atoms in total. The number of rotatable bonds is 1. The quantitative estimate of drug-likeness (QED) is 0.727. The second-order valence-electron chi connectivity index (χ2n) is 2.43. The van der Waals surface area contributed by atoms with Crippen molar-refractivity contribution in [2.24, 2.45) is 0 Å². The Kier molecular flexibility index (Phi) is 2.59. The van der Waals surface area contributed by atoms with E-state index < -0.39 is 29.6 Å². The summed E-state index contributed by atoms with van der Waals surface area (Å²) >= 11 is 0. The highest BCUT2D eigenvalue weighted by Gasteiger charge is 2.36. The fourth-order valence-corrected chi connectivity index (χ4v) is 0.806. The van der Waals surface area contributed by atoms with Crippen molar-refractivity contribution in [3.63, 3.8) is 0 Å². The summed E-state index contributed by atoms with van der Waals surface area (Å²) in [5, 5.41) is 8.76. The van der Waals surface area contributed by atoms with Crippen LogP contribution < -0.4 is 0 Å². The SMILES string of the molecule is Oc1cc(C(F)F)cnc1C(F)(F)F. The first kappa shape index (κ1) is 10.7. The number of hydrogen-bond donors (Lipinski definition) is 1. The highest BCUT2D eigenvalue weighted by Crippen LogP contribution is 2.35. The number of aromatic hydroxyl groups is 1. The predicted octanol–water partition coefficient (Wildman–Crippen LogP) is 2.74. The van der Waals surface area contributed by atoms with E-state index in [1.807, 2.05) is 0 Å². The van der Waals surface area contributed by atoms with Crippen LogP contribution in [0.4, 0.5) is 22.0 Å².